The lowest BCUT2D eigenvalue weighted by atomic mass is 9.96. The minimum atomic E-state index is -0.876. The zero-order valence-electron chi connectivity index (χ0n) is 12.8. The molecule has 0 aliphatic heterocycles. The molecule has 5 nitrogen and oxygen atoms in total. The van der Waals surface area contributed by atoms with Crippen molar-refractivity contribution in [3.63, 3.8) is 0 Å². The van der Waals surface area contributed by atoms with Gasteiger partial charge in [0.05, 0.1) is 5.92 Å². The molecule has 2 unspecified atom stereocenters. The van der Waals surface area contributed by atoms with Crippen LogP contribution in [0.2, 0.25) is 0 Å². The number of hydrogen-bond acceptors (Lipinski definition) is 2. The second kappa shape index (κ2) is 8.77. The first-order valence-corrected chi connectivity index (χ1v) is 7.15. The number of aliphatic carboxylic acids is 1. The molecule has 0 aromatic carbocycles. The molecule has 2 amide bonds. The highest BCUT2D eigenvalue weighted by atomic mass is 16.4. The number of rotatable bonds is 8. The Hall–Kier alpha value is -1.26. The van der Waals surface area contributed by atoms with Crippen LogP contribution in [0.4, 0.5) is 4.79 Å². The van der Waals surface area contributed by atoms with E-state index >= 15 is 0 Å². The summed E-state index contributed by atoms with van der Waals surface area (Å²) in [4.78, 5) is 24.5. The number of hydrogen-bond donors (Lipinski definition) is 2. The smallest absolute Gasteiger partial charge is 0.317 e. The van der Waals surface area contributed by atoms with Gasteiger partial charge in [0.25, 0.3) is 0 Å². The summed E-state index contributed by atoms with van der Waals surface area (Å²) in [6, 6.07) is -0.0633. The van der Waals surface area contributed by atoms with Crippen LogP contribution in [-0.4, -0.2) is 41.1 Å². The fourth-order valence-electron chi connectivity index (χ4n) is 2.16. The maximum atomic E-state index is 12.1. The van der Waals surface area contributed by atoms with Crippen molar-refractivity contribution in [3.8, 4) is 0 Å². The maximum Gasteiger partial charge on any atom is 0.317 e. The van der Waals surface area contributed by atoms with Gasteiger partial charge in [0, 0.05) is 19.1 Å². The highest BCUT2D eigenvalue weighted by molar-refractivity contribution is 5.76. The van der Waals surface area contributed by atoms with Crippen molar-refractivity contribution < 1.29 is 14.7 Å². The number of nitrogens with zero attached hydrogens (tertiary/aromatic N) is 1. The first-order valence-electron chi connectivity index (χ1n) is 7.15. The Balaban J connectivity index is 4.47. The molecule has 0 aliphatic rings. The van der Waals surface area contributed by atoms with Crippen molar-refractivity contribution in [2.45, 2.75) is 53.5 Å². The van der Waals surface area contributed by atoms with Crippen LogP contribution < -0.4 is 5.32 Å². The van der Waals surface area contributed by atoms with Gasteiger partial charge in [0.2, 0.25) is 0 Å². The standard InChI is InChI=1S/C14H28N2O3/c1-6-12(7-2)11(5)15-14(19)16(8-3)9-10(4)13(17)18/h10-12H,6-9H2,1-5H3,(H,15,19)(H,17,18). The van der Waals surface area contributed by atoms with Crippen LogP contribution in [0.3, 0.4) is 0 Å². The minimum absolute atomic E-state index is 0.108. The van der Waals surface area contributed by atoms with E-state index in [0.717, 1.165) is 12.8 Å². The van der Waals surface area contributed by atoms with E-state index in [0.29, 0.717) is 12.5 Å². The zero-order chi connectivity index (χ0) is 15.0. The Labute approximate surface area is 116 Å². The Bertz CT molecular complexity index is 290. The third-order valence-corrected chi connectivity index (χ3v) is 3.69. The third-order valence-electron chi connectivity index (χ3n) is 3.69. The van der Waals surface area contributed by atoms with Crippen molar-refractivity contribution in [2.24, 2.45) is 11.8 Å². The summed E-state index contributed by atoms with van der Waals surface area (Å²) in [5.41, 5.74) is 0. The summed E-state index contributed by atoms with van der Waals surface area (Å²) in [5.74, 6) is -0.965. The molecule has 112 valence electrons. The van der Waals surface area contributed by atoms with E-state index < -0.39 is 11.9 Å². The molecule has 0 spiro atoms. The van der Waals surface area contributed by atoms with E-state index in [4.69, 9.17) is 5.11 Å². The second-order valence-electron chi connectivity index (χ2n) is 5.09. The van der Waals surface area contributed by atoms with Gasteiger partial charge >= 0.3 is 12.0 Å². The Kier molecular flexibility index (Phi) is 8.19. The fraction of sp³-hybridized carbons (Fsp3) is 0.857. The quantitative estimate of drug-likeness (QED) is 0.713. The highest BCUT2D eigenvalue weighted by Crippen LogP contribution is 2.13. The summed E-state index contributed by atoms with van der Waals surface area (Å²) < 4.78 is 0. The van der Waals surface area contributed by atoms with Crippen LogP contribution in [0.25, 0.3) is 0 Å². The molecule has 5 heteroatoms. The van der Waals surface area contributed by atoms with E-state index in [1.165, 1.54) is 0 Å². The number of nitrogens with one attached hydrogen (secondary N) is 1. The Morgan fingerprint density at radius 3 is 2.05 bits per heavy atom. The van der Waals surface area contributed by atoms with Crippen molar-refractivity contribution in [1.29, 1.82) is 0 Å². The summed E-state index contributed by atoms with van der Waals surface area (Å²) in [7, 11) is 0. The molecule has 0 aliphatic carbocycles. The van der Waals surface area contributed by atoms with Gasteiger partial charge in [-0.1, -0.05) is 33.6 Å². The largest absolute Gasteiger partial charge is 0.481 e. The lowest BCUT2D eigenvalue weighted by molar-refractivity contribution is -0.141. The molecule has 2 N–H and O–H groups in total. The van der Waals surface area contributed by atoms with Gasteiger partial charge in [-0.3, -0.25) is 4.79 Å². The molecule has 0 bridgehead atoms. The van der Waals surface area contributed by atoms with Gasteiger partial charge < -0.3 is 15.3 Å². The molecule has 0 saturated carbocycles. The number of urea groups is 1. The van der Waals surface area contributed by atoms with Crippen molar-refractivity contribution in [2.75, 3.05) is 13.1 Å². The van der Waals surface area contributed by atoms with Crippen molar-refractivity contribution in [1.82, 2.24) is 10.2 Å². The van der Waals surface area contributed by atoms with Crippen LogP contribution in [0.5, 0.6) is 0 Å². The van der Waals surface area contributed by atoms with Gasteiger partial charge in [0.1, 0.15) is 0 Å². The summed E-state index contributed by atoms with van der Waals surface area (Å²) in [6.07, 6.45) is 2.05. The van der Waals surface area contributed by atoms with E-state index in [1.54, 1.807) is 11.8 Å². The van der Waals surface area contributed by atoms with Crippen LogP contribution in [0.1, 0.15) is 47.5 Å². The summed E-state index contributed by atoms with van der Waals surface area (Å²) in [5, 5.41) is 11.9. The lowest BCUT2D eigenvalue weighted by Crippen LogP contribution is -2.48. The SMILES string of the molecule is CCC(CC)C(C)NC(=O)N(CC)CC(C)C(=O)O. The average Bonchev–Trinajstić information content (AvgIpc) is 2.36. The predicted molar refractivity (Wildman–Crippen MR) is 76.1 cm³/mol. The van der Waals surface area contributed by atoms with Gasteiger partial charge in [-0.05, 0) is 19.8 Å². The number of carboxylic acid groups (broad SMARTS) is 1. The number of carboxylic acids is 1. The Morgan fingerprint density at radius 1 is 1.16 bits per heavy atom. The van der Waals surface area contributed by atoms with Gasteiger partial charge in [-0.15, -0.1) is 0 Å². The number of amides is 2. The monoisotopic (exact) mass is 272 g/mol. The minimum Gasteiger partial charge on any atom is -0.481 e. The first kappa shape index (κ1) is 17.7. The number of carbonyl (C=O) groups excluding carboxylic acids is 1. The number of carbonyl (C=O) groups is 2. The molecular formula is C14H28N2O3. The normalized spacial score (nSPS) is 14.0. The van der Waals surface area contributed by atoms with E-state index in [-0.39, 0.29) is 18.6 Å². The molecule has 19 heavy (non-hydrogen) atoms. The van der Waals surface area contributed by atoms with Crippen LogP contribution in [-0.2, 0) is 4.79 Å². The van der Waals surface area contributed by atoms with Crippen LogP contribution >= 0.6 is 0 Å². The molecule has 0 aromatic rings. The fourth-order valence-corrected chi connectivity index (χ4v) is 2.16. The van der Waals surface area contributed by atoms with Gasteiger partial charge in [-0.2, -0.15) is 0 Å². The highest BCUT2D eigenvalue weighted by Gasteiger charge is 2.22. The molecule has 0 heterocycles. The molecule has 0 fully saturated rings. The zero-order valence-corrected chi connectivity index (χ0v) is 12.8. The summed E-state index contributed by atoms with van der Waals surface area (Å²) in [6.45, 7) is 10.5. The average molecular weight is 272 g/mol. The van der Waals surface area contributed by atoms with E-state index in [1.807, 2.05) is 13.8 Å². The van der Waals surface area contributed by atoms with Crippen molar-refractivity contribution in [3.05, 3.63) is 0 Å². The summed E-state index contributed by atoms with van der Waals surface area (Å²) >= 11 is 0. The van der Waals surface area contributed by atoms with Gasteiger partial charge in [-0.25, -0.2) is 4.79 Å². The van der Waals surface area contributed by atoms with E-state index in [9.17, 15) is 9.59 Å². The molecule has 2 atom stereocenters. The topological polar surface area (TPSA) is 69.6 Å². The Morgan fingerprint density at radius 2 is 1.68 bits per heavy atom. The second-order valence-corrected chi connectivity index (χ2v) is 5.09. The molecular weight excluding hydrogens is 244 g/mol. The molecule has 0 aromatic heterocycles. The molecule has 0 rings (SSSR count). The maximum absolute atomic E-state index is 12.1. The third kappa shape index (κ3) is 5.94. The molecule has 0 saturated heterocycles. The van der Waals surface area contributed by atoms with Crippen molar-refractivity contribution >= 4 is 12.0 Å². The van der Waals surface area contributed by atoms with E-state index in [2.05, 4.69) is 19.2 Å². The van der Waals surface area contributed by atoms with Gasteiger partial charge in [0.15, 0.2) is 0 Å². The predicted octanol–water partition coefficient (Wildman–Crippen LogP) is 2.56. The molecule has 0 radical (unpaired) electrons. The van der Waals surface area contributed by atoms with Crippen LogP contribution in [0.15, 0.2) is 0 Å². The lowest BCUT2D eigenvalue weighted by Gasteiger charge is -2.28. The van der Waals surface area contributed by atoms with Crippen LogP contribution in [0, 0.1) is 11.8 Å². The first-order chi connectivity index (χ1) is 8.87.